The molecule has 0 saturated heterocycles. The summed E-state index contributed by atoms with van der Waals surface area (Å²) in [6.07, 6.45) is 0. The third-order valence-corrected chi connectivity index (χ3v) is 3.42. The van der Waals surface area contributed by atoms with E-state index in [1.807, 2.05) is 0 Å². The maximum absolute atomic E-state index is 13.3. The summed E-state index contributed by atoms with van der Waals surface area (Å²) in [6.45, 7) is 0.0407. The Morgan fingerprint density at radius 3 is 2.41 bits per heavy atom. The lowest BCUT2D eigenvalue weighted by molar-refractivity contribution is -0.384. The summed E-state index contributed by atoms with van der Waals surface area (Å²) >= 11 is 0. The van der Waals surface area contributed by atoms with Crippen LogP contribution >= 0.6 is 0 Å². The highest BCUT2D eigenvalue weighted by atomic mass is 19.1. The molecule has 0 saturated carbocycles. The lowest BCUT2D eigenvalue weighted by Crippen LogP contribution is -2.29. The maximum Gasteiger partial charge on any atom is 0.299 e. The minimum Gasteiger partial charge on any atom is -0.300 e. The molecule has 0 fully saturated rings. The number of nitrogens with zero attached hydrogens (tertiary/aromatic N) is 2. The zero-order valence-electron chi connectivity index (χ0n) is 11.2. The second kappa shape index (κ2) is 5.03. The lowest BCUT2D eigenvalue weighted by atomic mass is 10.1. The Morgan fingerprint density at radius 1 is 1.09 bits per heavy atom. The molecule has 0 aliphatic carbocycles. The largest absolute Gasteiger partial charge is 0.300 e. The van der Waals surface area contributed by atoms with Crippen molar-refractivity contribution in [2.24, 2.45) is 0 Å². The van der Waals surface area contributed by atoms with Crippen molar-refractivity contribution in [1.82, 2.24) is 0 Å². The van der Waals surface area contributed by atoms with Gasteiger partial charge in [-0.3, -0.25) is 19.7 Å². The minimum absolute atomic E-state index is 0.0407. The molecular formula is C15H9FN2O4. The number of benzene rings is 2. The summed E-state index contributed by atoms with van der Waals surface area (Å²) in [5, 5.41) is 10.6. The van der Waals surface area contributed by atoms with Gasteiger partial charge in [-0.1, -0.05) is 12.1 Å². The fraction of sp³-hybridized carbons (Fsp3) is 0.0667. The number of nitro groups is 1. The number of rotatable bonds is 3. The molecule has 1 aliphatic heterocycles. The van der Waals surface area contributed by atoms with Crippen molar-refractivity contribution in [3.63, 3.8) is 0 Å². The number of carbonyl (C=O) groups excluding carboxylic acids is 2. The third-order valence-electron chi connectivity index (χ3n) is 3.42. The van der Waals surface area contributed by atoms with Crippen molar-refractivity contribution in [3.8, 4) is 0 Å². The molecule has 0 atom stereocenters. The van der Waals surface area contributed by atoms with Crippen molar-refractivity contribution >= 4 is 23.1 Å². The van der Waals surface area contributed by atoms with Gasteiger partial charge >= 0.3 is 0 Å². The van der Waals surface area contributed by atoms with Gasteiger partial charge in [0.15, 0.2) is 0 Å². The number of nitro benzene ring substituents is 1. The van der Waals surface area contributed by atoms with Crippen LogP contribution in [0.4, 0.5) is 15.8 Å². The van der Waals surface area contributed by atoms with Gasteiger partial charge in [0.25, 0.3) is 17.4 Å². The van der Waals surface area contributed by atoms with Gasteiger partial charge in [-0.2, -0.15) is 0 Å². The van der Waals surface area contributed by atoms with Crippen LogP contribution in [0.25, 0.3) is 0 Å². The van der Waals surface area contributed by atoms with Crippen LogP contribution < -0.4 is 4.90 Å². The van der Waals surface area contributed by atoms with Crippen molar-refractivity contribution in [2.45, 2.75) is 6.54 Å². The number of halogens is 1. The molecule has 0 bridgehead atoms. The summed E-state index contributed by atoms with van der Waals surface area (Å²) < 4.78 is 13.3. The highest BCUT2D eigenvalue weighted by Gasteiger charge is 2.35. The Kier molecular flexibility index (Phi) is 3.17. The second-order valence-electron chi connectivity index (χ2n) is 4.81. The number of hydrogen-bond donors (Lipinski definition) is 0. The Balaban J connectivity index is 1.93. The first kappa shape index (κ1) is 13.9. The van der Waals surface area contributed by atoms with E-state index in [1.54, 1.807) is 0 Å². The predicted octanol–water partition coefficient (Wildman–Crippen LogP) is 2.46. The van der Waals surface area contributed by atoms with Gasteiger partial charge in [0.05, 0.1) is 22.7 Å². The van der Waals surface area contributed by atoms with E-state index in [4.69, 9.17) is 0 Å². The van der Waals surface area contributed by atoms with Gasteiger partial charge in [-0.15, -0.1) is 0 Å². The van der Waals surface area contributed by atoms with Gasteiger partial charge < -0.3 is 4.90 Å². The zero-order valence-corrected chi connectivity index (χ0v) is 11.2. The quantitative estimate of drug-likeness (QED) is 0.495. The van der Waals surface area contributed by atoms with E-state index in [2.05, 4.69) is 0 Å². The molecule has 1 aliphatic rings. The van der Waals surface area contributed by atoms with Gasteiger partial charge in [-0.05, 0) is 23.8 Å². The summed E-state index contributed by atoms with van der Waals surface area (Å²) in [7, 11) is 0. The number of ketones is 1. The number of Topliss-reactive ketones (excluding diaryl/α,β-unsaturated/α-hetero) is 1. The molecular weight excluding hydrogens is 291 g/mol. The number of fused-ring (bicyclic) bond motifs is 1. The van der Waals surface area contributed by atoms with Crippen molar-refractivity contribution in [1.29, 1.82) is 0 Å². The minimum atomic E-state index is -0.737. The van der Waals surface area contributed by atoms with Crippen LogP contribution in [0.5, 0.6) is 0 Å². The summed E-state index contributed by atoms with van der Waals surface area (Å²) in [6, 6.07) is 9.14. The lowest BCUT2D eigenvalue weighted by Gasteiger charge is -2.16. The fourth-order valence-electron chi connectivity index (χ4n) is 2.33. The summed E-state index contributed by atoms with van der Waals surface area (Å²) in [5.41, 5.74) is 0.907. The number of carbonyl (C=O) groups is 2. The predicted molar refractivity (Wildman–Crippen MR) is 75.0 cm³/mol. The van der Waals surface area contributed by atoms with E-state index in [-0.39, 0.29) is 23.5 Å². The zero-order chi connectivity index (χ0) is 15.9. The van der Waals surface area contributed by atoms with E-state index < -0.39 is 22.4 Å². The van der Waals surface area contributed by atoms with Crippen LogP contribution in [-0.2, 0) is 11.3 Å². The molecule has 6 nitrogen and oxygen atoms in total. The first-order valence-electron chi connectivity index (χ1n) is 6.36. The molecule has 0 spiro atoms. The third kappa shape index (κ3) is 2.22. The van der Waals surface area contributed by atoms with E-state index in [0.29, 0.717) is 5.56 Å². The maximum atomic E-state index is 13.3. The number of amides is 1. The molecule has 0 radical (unpaired) electrons. The van der Waals surface area contributed by atoms with E-state index >= 15 is 0 Å². The van der Waals surface area contributed by atoms with Crippen molar-refractivity contribution < 1.29 is 18.9 Å². The highest BCUT2D eigenvalue weighted by Crippen LogP contribution is 2.31. The van der Waals surface area contributed by atoms with Gasteiger partial charge in [0, 0.05) is 12.1 Å². The molecule has 0 aromatic heterocycles. The molecule has 0 N–H and O–H groups in total. The standard InChI is InChI=1S/C15H9FN2O4/c16-10-3-6-12-13(7-10)17(15(20)14(12)19)8-9-1-4-11(5-2-9)18(21)22/h1-7H,8H2. The average molecular weight is 300 g/mol. The Hall–Kier alpha value is -3.09. The number of non-ortho nitro benzene ring substituents is 1. The topological polar surface area (TPSA) is 80.5 Å². The van der Waals surface area contributed by atoms with Crippen molar-refractivity contribution in [2.75, 3.05) is 4.90 Å². The fourth-order valence-corrected chi connectivity index (χ4v) is 2.33. The van der Waals surface area contributed by atoms with Crippen molar-refractivity contribution in [3.05, 3.63) is 69.5 Å². The van der Waals surface area contributed by atoms with E-state index in [9.17, 15) is 24.1 Å². The van der Waals surface area contributed by atoms with Gasteiger partial charge in [-0.25, -0.2) is 4.39 Å². The van der Waals surface area contributed by atoms with Gasteiger partial charge in [0.1, 0.15) is 5.82 Å². The molecule has 110 valence electrons. The molecule has 22 heavy (non-hydrogen) atoms. The van der Waals surface area contributed by atoms with Crippen LogP contribution in [0, 0.1) is 15.9 Å². The van der Waals surface area contributed by atoms with E-state index in [0.717, 1.165) is 12.1 Å². The SMILES string of the molecule is O=C1C(=O)N(Cc2ccc([N+](=O)[O-])cc2)c2cc(F)ccc21. The number of anilines is 1. The summed E-state index contributed by atoms with van der Waals surface area (Å²) in [5.74, 6) is -1.97. The average Bonchev–Trinajstić information content (AvgIpc) is 2.72. The normalized spacial score (nSPS) is 13.4. The monoisotopic (exact) mass is 300 g/mol. The van der Waals surface area contributed by atoms with Crippen LogP contribution in [0.3, 0.4) is 0 Å². The van der Waals surface area contributed by atoms with Crippen LogP contribution in [0.1, 0.15) is 15.9 Å². The van der Waals surface area contributed by atoms with Crippen LogP contribution in [0.15, 0.2) is 42.5 Å². The highest BCUT2D eigenvalue weighted by molar-refractivity contribution is 6.52. The molecule has 7 heteroatoms. The molecule has 1 amide bonds. The van der Waals surface area contributed by atoms with Crippen LogP contribution in [-0.4, -0.2) is 16.6 Å². The molecule has 2 aromatic carbocycles. The Bertz CT molecular complexity index is 802. The summed E-state index contributed by atoms with van der Waals surface area (Å²) in [4.78, 5) is 35.1. The number of hydrogen-bond acceptors (Lipinski definition) is 4. The van der Waals surface area contributed by atoms with Crippen LogP contribution in [0.2, 0.25) is 0 Å². The molecule has 3 rings (SSSR count). The second-order valence-corrected chi connectivity index (χ2v) is 4.81. The van der Waals surface area contributed by atoms with E-state index in [1.165, 1.54) is 35.2 Å². The first-order chi connectivity index (χ1) is 10.5. The molecule has 2 aromatic rings. The van der Waals surface area contributed by atoms with Gasteiger partial charge in [0.2, 0.25) is 0 Å². The first-order valence-corrected chi connectivity index (χ1v) is 6.36. The Labute approximate surface area is 123 Å². The Morgan fingerprint density at radius 2 is 1.77 bits per heavy atom. The molecule has 1 heterocycles. The molecule has 0 unspecified atom stereocenters. The smallest absolute Gasteiger partial charge is 0.299 e.